The molecule has 142 valence electrons. The molecule has 3 nitrogen and oxygen atoms in total. The molecule has 0 bridgehead atoms. The second-order valence-corrected chi connectivity index (χ2v) is 7.86. The lowest BCUT2D eigenvalue weighted by molar-refractivity contribution is 0.302. The lowest BCUT2D eigenvalue weighted by Gasteiger charge is -2.11. The number of imidazole rings is 1. The van der Waals surface area contributed by atoms with Crippen molar-refractivity contribution in [3.63, 3.8) is 0 Å². The van der Waals surface area contributed by atoms with E-state index in [1.54, 1.807) is 0 Å². The third kappa shape index (κ3) is 4.51. The fraction of sp³-hybridized carbons (Fsp3) is 0.174. The fourth-order valence-corrected chi connectivity index (χ4v) is 4.17. The molecule has 0 aliphatic rings. The topological polar surface area (TPSA) is 27.1 Å². The van der Waals surface area contributed by atoms with Crippen LogP contribution in [0.1, 0.15) is 12.2 Å². The van der Waals surface area contributed by atoms with Crippen LogP contribution in [0, 0.1) is 0 Å². The molecule has 0 unspecified atom stereocenters. The highest BCUT2D eigenvalue weighted by Gasteiger charge is 2.11. The Morgan fingerprint density at radius 1 is 0.893 bits per heavy atom. The van der Waals surface area contributed by atoms with Crippen LogP contribution in [0.2, 0.25) is 5.02 Å². The molecule has 1 aromatic heterocycles. The van der Waals surface area contributed by atoms with E-state index in [4.69, 9.17) is 21.3 Å². The van der Waals surface area contributed by atoms with Crippen molar-refractivity contribution in [1.82, 2.24) is 9.55 Å². The minimum Gasteiger partial charge on any atom is -0.492 e. The molecule has 28 heavy (non-hydrogen) atoms. The molecule has 4 aromatic rings. The lowest BCUT2D eigenvalue weighted by atomic mass is 10.3. The lowest BCUT2D eigenvalue weighted by Crippen LogP contribution is -2.07. The Labute approximate surface area is 174 Å². The molecule has 0 N–H and O–H groups in total. The van der Waals surface area contributed by atoms with Gasteiger partial charge in [-0.2, -0.15) is 0 Å². The highest BCUT2D eigenvalue weighted by atomic mass is 35.5. The van der Waals surface area contributed by atoms with Gasteiger partial charge < -0.3 is 9.30 Å². The largest absolute Gasteiger partial charge is 0.492 e. The molecule has 4 rings (SSSR count). The smallest absolute Gasteiger partial charge is 0.137 e. The molecule has 0 saturated carbocycles. The predicted octanol–water partition coefficient (Wildman–Crippen LogP) is 6.45. The molecule has 0 amide bonds. The summed E-state index contributed by atoms with van der Waals surface area (Å²) in [7, 11) is 0. The van der Waals surface area contributed by atoms with Gasteiger partial charge in [-0.15, -0.1) is 11.8 Å². The Balaban J connectivity index is 1.45. The average molecular weight is 409 g/mol. The molecular weight excluding hydrogens is 388 g/mol. The van der Waals surface area contributed by atoms with E-state index in [2.05, 4.69) is 47.0 Å². The zero-order valence-electron chi connectivity index (χ0n) is 15.4. The number of aryl methyl sites for hydroxylation is 1. The van der Waals surface area contributed by atoms with Crippen LogP contribution in [0.5, 0.6) is 5.75 Å². The molecule has 0 aliphatic heterocycles. The molecule has 0 atom stereocenters. The van der Waals surface area contributed by atoms with Crippen molar-refractivity contribution < 1.29 is 4.74 Å². The van der Waals surface area contributed by atoms with Gasteiger partial charge in [0.05, 0.1) is 28.4 Å². The van der Waals surface area contributed by atoms with Gasteiger partial charge in [-0.1, -0.05) is 54.1 Å². The first-order valence-corrected chi connectivity index (χ1v) is 10.7. The number of hydrogen-bond donors (Lipinski definition) is 0. The summed E-state index contributed by atoms with van der Waals surface area (Å²) in [6.45, 7) is 1.47. The quantitative estimate of drug-likeness (QED) is 0.247. The zero-order valence-corrected chi connectivity index (χ0v) is 17.0. The summed E-state index contributed by atoms with van der Waals surface area (Å²) in [5, 5.41) is 0.649. The number of nitrogens with zero attached hydrogens (tertiary/aromatic N) is 2. The normalized spacial score (nSPS) is 11.0. The molecule has 0 fully saturated rings. The molecule has 0 aliphatic carbocycles. The van der Waals surface area contributed by atoms with E-state index in [9.17, 15) is 0 Å². The van der Waals surface area contributed by atoms with Crippen LogP contribution in [-0.4, -0.2) is 16.2 Å². The number of benzene rings is 3. The zero-order chi connectivity index (χ0) is 19.2. The van der Waals surface area contributed by atoms with Crippen molar-refractivity contribution in [3.8, 4) is 5.75 Å². The Morgan fingerprint density at radius 2 is 1.64 bits per heavy atom. The standard InChI is InChI=1S/C23H21ClN2OS/c24-19-11-4-7-14-22(19)27-16-8-15-26-21-13-6-5-12-20(21)25-23(26)17-28-18-9-2-1-3-10-18/h1-7,9-14H,8,15-17H2. The van der Waals surface area contributed by atoms with Gasteiger partial charge in [0.2, 0.25) is 0 Å². The van der Waals surface area contributed by atoms with E-state index >= 15 is 0 Å². The number of para-hydroxylation sites is 3. The van der Waals surface area contributed by atoms with Crippen LogP contribution >= 0.6 is 23.4 Å². The van der Waals surface area contributed by atoms with Crippen LogP contribution < -0.4 is 4.74 Å². The third-order valence-corrected chi connectivity index (χ3v) is 5.79. The van der Waals surface area contributed by atoms with Crippen molar-refractivity contribution in [1.29, 1.82) is 0 Å². The van der Waals surface area contributed by atoms with Crippen LogP contribution in [0.25, 0.3) is 11.0 Å². The number of halogens is 1. The summed E-state index contributed by atoms with van der Waals surface area (Å²) in [5.41, 5.74) is 2.21. The second kappa shape index (κ2) is 9.18. The van der Waals surface area contributed by atoms with Crippen LogP contribution in [-0.2, 0) is 12.3 Å². The van der Waals surface area contributed by atoms with Crippen LogP contribution in [0.15, 0.2) is 83.8 Å². The SMILES string of the molecule is Clc1ccccc1OCCCn1c(CSc2ccccc2)nc2ccccc21. The Morgan fingerprint density at radius 3 is 2.50 bits per heavy atom. The van der Waals surface area contributed by atoms with Gasteiger partial charge >= 0.3 is 0 Å². The highest BCUT2D eigenvalue weighted by molar-refractivity contribution is 7.98. The number of hydrogen-bond acceptors (Lipinski definition) is 3. The molecule has 1 heterocycles. The first-order chi connectivity index (χ1) is 13.8. The van der Waals surface area contributed by atoms with Gasteiger partial charge in [0.1, 0.15) is 11.6 Å². The molecule has 5 heteroatoms. The van der Waals surface area contributed by atoms with E-state index in [1.165, 1.54) is 10.4 Å². The summed E-state index contributed by atoms with van der Waals surface area (Å²) < 4.78 is 8.15. The second-order valence-electron chi connectivity index (χ2n) is 6.40. The molecule has 0 saturated heterocycles. The number of ether oxygens (including phenoxy) is 1. The summed E-state index contributed by atoms with van der Waals surface area (Å²) in [4.78, 5) is 6.11. The van der Waals surface area contributed by atoms with Crippen molar-refractivity contribution in [2.45, 2.75) is 23.6 Å². The number of rotatable bonds is 8. The first kappa shape index (κ1) is 18.9. The van der Waals surface area contributed by atoms with Crippen LogP contribution in [0.3, 0.4) is 0 Å². The van der Waals surface area contributed by atoms with E-state index in [0.29, 0.717) is 11.6 Å². The number of fused-ring (bicyclic) bond motifs is 1. The fourth-order valence-electron chi connectivity index (χ4n) is 3.12. The number of aromatic nitrogens is 2. The minimum atomic E-state index is 0.613. The van der Waals surface area contributed by atoms with Crippen molar-refractivity contribution in [2.75, 3.05) is 6.61 Å². The predicted molar refractivity (Wildman–Crippen MR) is 117 cm³/mol. The van der Waals surface area contributed by atoms with Crippen molar-refractivity contribution in [2.24, 2.45) is 0 Å². The maximum atomic E-state index is 6.16. The Hall–Kier alpha value is -2.43. The van der Waals surface area contributed by atoms with E-state index in [0.717, 1.165) is 35.8 Å². The van der Waals surface area contributed by atoms with Gasteiger partial charge in [-0.3, -0.25) is 0 Å². The maximum absolute atomic E-state index is 6.16. The third-order valence-electron chi connectivity index (χ3n) is 4.47. The van der Waals surface area contributed by atoms with Gasteiger partial charge in [0.25, 0.3) is 0 Å². The monoisotopic (exact) mass is 408 g/mol. The maximum Gasteiger partial charge on any atom is 0.137 e. The first-order valence-electron chi connectivity index (χ1n) is 9.30. The Bertz CT molecular complexity index is 1050. The van der Waals surface area contributed by atoms with Gasteiger partial charge in [-0.05, 0) is 42.8 Å². The van der Waals surface area contributed by atoms with E-state index < -0.39 is 0 Å². The average Bonchev–Trinajstić information content (AvgIpc) is 3.09. The minimum absolute atomic E-state index is 0.613. The summed E-state index contributed by atoms with van der Waals surface area (Å²) in [5.74, 6) is 2.66. The molecule has 0 radical (unpaired) electrons. The molecular formula is C23H21ClN2OS. The van der Waals surface area contributed by atoms with Crippen molar-refractivity contribution >= 4 is 34.4 Å². The van der Waals surface area contributed by atoms with Gasteiger partial charge in [0, 0.05) is 11.4 Å². The van der Waals surface area contributed by atoms with E-state index in [1.807, 2.05) is 48.2 Å². The summed E-state index contributed by atoms with van der Waals surface area (Å²) in [6, 6.07) is 26.3. The Kier molecular flexibility index (Phi) is 6.20. The number of thioether (sulfide) groups is 1. The summed E-state index contributed by atoms with van der Waals surface area (Å²) in [6.07, 6.45) is 0.884. The summed E-state index contributed by atoms with van der Waals surface area (Å²) >= 11 is 7.97. The molecule has 3 aromatic carbocycles. The van der Waals surface area contributed by atoms with Gasteiger partial charge in [-0.25, -0.2) is 4.98 Å². The molecule has 0 spiro atoms. The highest BCUT2D eigenvalue weighted by Crippen LogP contribution is 2.26. The van der Waals surface area contributed by atoms with Crippen LogP contribution in [0.4, 0.5) is 0 Å². The van der Waals surface area contributed by atoms with Gasteiger partial charge in [0.15, 0.2) is 0 Å². The van der Waals surface area contributed by atoms with E-state index in [-0.39, 0.29) is 0 Å². The van der Waals surface area contributed by atoms with Crippen molar-refractivity contribution in [3.05, 3.63) is 89.7 Å².